The normalized spacial score (nSPS) is 14.7. The molecule has 3 aromatic rings. The number of carbonyl (C=O) groups is 3. The highest BCUT2D eigenvalue weighted by Crippen LogP contribution is 2.39. The summed E-state index contributed by atoms with van der Waals surface area (Å²) in [6.07, 6.45) is 1.39. The molecule has 10 heteroatoms. The lowest BCUT2D eigenvalue weighted by atomic mass is 10.1. The molecule has 4 rings (SSSR count). The maximum Gasteiger partial charge on any atom is 0.335 e. The minimum absolute atomic E-state index is 0.173. The van der Waals surface area contributed by atoms with Gasteiger partial charge in [0, 0.05) is 10.0 Å². The van der Waals surface area contributed by atoms with E-state index in [1.54, 1.807) is 30.3 Å². The van der Waals surface area contributed by atoms with Crippen LogP contribution in [-0.2, 0) is 16.2 Å². The molecule has 0 radical (unpaired) electrons. The van der Waals surface area contributed by atoms with Gasteiger partial charge < -0.3 is 9.47 Å². The molecular weight excluding hydrogens is 616 g/mol. The van der Waals surface area contributed by atoms with E-state index in [-0.39, 0.29) is 22.9 Å². The van der Waals surface area contributed by atoms with Crippen molar-refractivity contribution in [2.45, 2.75) is 13.5 Å². The summed E-state index contributed by atoms with van der Waals surface area (Å²) >= 11 is 13.2. The van der Waals surface area contributed by atoms with E-state index >= 15 is 0 Å². The second kappa shape index (κ2) is 11.3. The second-order valence-electron chi connectivity index (χ2n) is 7.55. The molecule has 0 unspecified atom stereocenters. The topological polar surface area (TPSA) is 84.9 Å². The van der Waals surface area contributed by atoms with Gasteiger partial charge in [0.05, 0.1) is 21.8 Å². The van der Waals surface area contributed by atoms with Crippen molar-refractivity contribution in [2.24, 2.45) is 0 Å². The Morgan fingerprint density at radius 3 is 2.42 bits per heavy atom. The molecule has 0 bridgehead atoms. The summed E-state index contributed by atoms with van der Waals surface area (Å²) in [7, 11) is 0. The number of barbiturate groups is 1. The molecule has 36 heavy (non-hydrogen) atoms. The van der Waals surface area contributed by atoms with Crippen LogP contribution in [0.4, 0.5) is 10.5 Å². The Labute approximate surface area is 229 Å². The summed E-state index contributed by atoms with van der Waals surface area (Å²) < 4.78 is 13.3. The summed E-state index contributed by atoms with van der Waals surface area (Å²) in [5.74, 6) is -0.702. The van der Waals surface area contributed by atoms with E-state index in [4.69, 9.17) is 21.1 Å². The summed E-state index contributed by atoms with van der Waals surface area (Å²) in [4.78, 5) is 39.1. The minimum atomic E-state index is -0.873. The lowest BCUT2D eigenvalue weighted by Gasteiger charge is -2.27. The highest BCUT2D eigenvalue weighted by molar-refractivity contribution is 9.10. The molecular formula is C26H19Br2ClN2O5. The lowest BCUT2D eigenvalue weighted by Crippen LogP contribution is -2.54. The first-order valence-corrected chi connectivity index (χ1v) is 12.7. The van der Waals surface area contributed by atoms with Gasteiger partial charge in [-0.05, 0) is 64.8 Å². The number of benzene rings is 3. The summed E-state index contributed by atoms with van der Waals surface area (Å²) in [5, 5.41) is 2.39. The van der Waals surface area contributed by atoms with E-state index in [2.05, 4.69) is 37.2 Å². The monoisotopic (exact) mass is 632 g/mol. The zero-order valence-corrected chi connectivity index (χ0v) is 22.8. The molecule has 4 amide bonds. The van der Waals surface area contributed by atoms with Gasteiger partial charge in [0.15, 0.2) is 11.5 Å². The fourth-order valence-corrected chi connectivity index (χ4v) is 4.71. The highest BCUT2D eigenvalue weighted by atomic mass is 79.9. The number of imide groups is 2. The van der Waals surface area contributed by atoms with Gasteiger partial charge in [-0.15, -0.1) is 0 Å². The van der Waals surface area contributed by atoms with E-state index in [0.29, 0.717) is 28.1 Å². The molecule has 1 fully saturated rings. The fraction of sp³-hybridized carbons (Fsp3) is 0.115. The first-order chi connectivity index (χ1) is 17.3. The third-order valence-electron chi connectivity index (χ3n) is 5.17. The maximum atomic E-state index is 13.2. The number of ether oxygens (including phenoxy) is 2. The number of rotatable bonds is 7. The number of hydrogen-bond acceptors (Lipinski definition) is 5. The third kappa shape index (κ3) is 5.48. The van der Waals surface area contributed by atoms with Crippen LogP contribution < -0.4 is 19.7 Å². The van der Waals surface area contributed by atoms with E-state index < -0.39 is 17.8 Å². The second-order valence-corrected chi connectivity index (χ2v) is 9.67. The maximum absolute atomic E-state index is 13.2. The summed E-state index contributed by atoms with van der Waals surface area (Å²) in [5.41, 5.74) is 1.38. The Morgan fingerprint density at radius 1 is 0.972 bits per heavy atom. The van der Waals surface area contributed by atoms with Gasteiger partial charge in [-0.25, -0.2) is 9.69 Å². The van der Waals surface area contributed by atoms with Gasteiger partial charge in [0.25, 0.3) is 11.8 Å². The average molecular weight is 635 g/mol. The van der Waals surface area contributed by atoms with Gasteiger partial charge in [-0.1, -0.05) is 57.9 Å². The van der Waals surface area contributed by atoms with Crippen LogP contribution in [0, 0.1) is 0 Å². The van der Waals surface area contributed by atoms with Gasteiger partial charge >= 0.3 is 6.03 Å². The molecule has 0 spiro atoms. The van der Waals surface area contributed by atoms with Gasteiger partial charge in [0.2, 0.25) is 0 Å². The van der Waals surface area contributed by atoms with E-state index in [1.807, 2.05) is 31.2 Å². The van der Waals surface area contributed by atoms with Crippen LogP contribution in [0.3, 0.4) is 0 Å². The zero-order valence-electron chi connectivity index (χ0n) is 18.9. The molecule has 1 aliphatic heterocycles. The molecule has 1 saturated heterocycles. The van der Waals surface area contributed by atoms with Crippen molar-refractivity contribution in [3.05, 3.63) is 91.3 Å². The van der Waals surface area contributed by atoms with Crippen molar-refractivity contribution < 1.29 is 23.9 Å². The molecule has 1 aliphatic rings. The number of hydrogen-bond donors (Lipinski definition) is 1. The lowest BCUT2D eigenvalue weighted by molar-refractivity contribution is -0.122. The minimum Gasteiger partial charge on any atom is -0.490 e. The Kier molecular flexibility index (Phi) is 8.13. The molecule has 0 aromatic heterocycles. The molecule has 0 saturated carbocycles. The third-order valence-corrected chi connectivity index (χ3v) is 6.85. The van der Waals surface area contributed by atoms with Crippen molar-refractivity contribution in [3.63, 3.8) is 0 Å². The predicted octanol–water partition coefficient (Wildman–Crippen LogP) is 6.51. The van der Waals surface area contributed by atoms with Crippen LogP contribution >= 0.6 is 43.5 Å². The number of amides is 4. The van der Waals surface area contributed by atoms with Gasteiger partial charge in [-0.3, -0.25) is 14.9 Å². The first-order valence-electron chi connectivity index (χ1n) is 10.8. The van der Waals surface area contributed by atoms with Gasteiger partial charge in [-0.2, -0.15) is 0 Å². The van der Waals surface area contributed by atoms with Crippen molar-refractivity contribution in [3.8, 4) is 11.5 Å². The van der Waals surface area contributed by atoms with Crippen molar-refractivity contribution >= 4 is 73.1 Å². The Hall–Kier alpha value is -3.14. The van der Waals surface area contributed by atoms with Crippen LogP contribution in [0.15, 0.2) is 75.2 Å². The average Bonchev–Trinajstić information content (AvgIpc) is 2.83. The Bertz CT molecular complexity index is 1390. The number of nitrogens with zero attached hydrogens (tertiary/aromatic N) is 1. The molecule has 0 aliphatic carbocycles. The van der Waals surface area contributed by atoms with Crippen LogP contribution in [0.5, 0.6) is 11.5 Å². The highest BCUT2D eigenvalue weighted by Gasteiger charge is 2.37. The first kappa shape index (κ1) is 25.9. The van der Waals surface area contributed by atoms with Crippen LogP contribution in [0.25, 0.3) is 6.08 Å². The summed E-state index contributed by atoms with van der Waals surface area (Å²) in [6.45, 7) is 2.49. The van der Waals surface area contributed by atoms with Crippen LogP contribution in [0.2, 0.25) is 5.02 Å². The zero-order chi connectivity index (χ0) is 25.8. The fourth-order valence-electron chi connectivity index (χ4n) is 3.52. The molecule has 0 atom stereocenters. The molecule has 1 heterocycles. The largest absolute Gasteiger partial charge is 0.490 e. The molecule has 1 N–H and O–H groups in total. The van der Waals surface area contributed by atoms with Crippen molar-refractivity contribution in [1.29, 1.82) is 0 Å². The predicted molar refractivity (Wildman–Crippen MR) is 144 cm³/mol. The number of carbonyl (C=O) groups excluding carboxylic acids is 3. The summed E-state index contributed by atoms with van der Waals surface area (Å²) in [6, 6.07) is 16.6. The number of para-hydroxylation sites is 1. The van der Waals surface area contributed by atoms with E-state index in [1.165, 1.54) is 12.1 Å². The molecule has 184 valence electrons. The van der Waals surface area contributed by atoms with Gasteiger partial charge in [0.1, 0.15) is 12.2 Å². The quantitative estimate of drug-likeness (QED) is 0.237. The van der Waals surface area contributed by atoms with Crippen LogP contribution in [-0.4, -0.2) is 24.5 Å². The number of halogens is 3. The smallest absolute Gasteiger partial charge is 0.335 e. The number of nitrogens with one attached hydrogen (secondary N) is 1. The van der Waals surface area contributed by atoms with E-state index in [9.17, 15) is 14.4 Å². The van der Waals surface area contributed by atoms with Crippen molar-refractivity contribution in [1.82, 2.24) is 5.32 Å². The standard InChI is InChI=1S/C26H19Br2ClN2O5/c1-2-35-22-13-15(12-19(28)23(22)36-14-16-7-3-4-8-18(16)27)11-17-24(32)30-26(34)31(25(17)33)21-10-6-5-9-20(21)29/h3-13H,2,14H2,1H3,(H,30,32,34)/b17-11+. The Balaban J connectivity index is 1.68. The molecule has 3 aromatic carbocycles. The number of anilines is 1. The van der Waals surface area contributed by atoms with Crippen LogP contribution in [0.1, 0.15) is 18.1 Å². The number of urea groups is 1. The van der Waals surface area contributed by atoms with E-state index in [0.717, 1.165) is 14.9 Å². The SMILES string of the molecule is CCOc1cc(/C=C2\C(=O)NC(=O)N(c3ccccc3Cl)C2=O)cc(Br)c1OCc1ccccc1Br. The van der Waals surface area contributed by atoms with Crippen molar-refractivity contribution in [2.75, 3.05) is 11.5 Å². The Morgan fingerprint density at radius 2 is 1.69 bits per heavy atom. The molecule has 7 nitrogen and oxygen atoms in total.